The fourth-order valence-corrected chi connectivity index (χ4v) is 3.76. The lowest BCUT2D eigenvalue weighted by atomic mass is 10.2. The molecule has 33 heavy (non-hydrogen) atoms. The maximum absolute atomic E-state index is 14.9. The molecule has 2 aromatic rings. The van der Waals surface area contributed by atoms with Crippen molar-refractivity contribution in [2.45, 2.75) is 44.9 Å². The van der Waals surface area contributed by atoms with Crippen molar-refractivity contribution in [2.24, 2.45) is 0 Å². The largest absolute Gasteiger partial charge is 0.471 e. The van der Waals surface area contributed by atoms with Crippen LogP contribution in [-0.2, 0) is 9.47 Å². The molecule has 1 aromatic carbocycles. The average molecular weight is 462 g/mol. The summed E-state index contributed by atoms with van der Waals surface area (Å²) in [7, 11) is 0. The second-order valence-electron chi connectivity index (χ2n) is 8.98. The van der Waals surface area contributed by atoms with Gasteiger partial charge in [0.2, 0.25) is 0 Å². The van der Waals surface area contributed by atoms with Gasteiger partial charge in [0.05, 0.1) is 24.0 Å². The number of ether oxygens (including phenoxy) is 3. The van der Waals surface area contributed by atoms with Crippen molar-refractivity contribution >= 4 is 23.6 Å². The lowest BCUT2D eigenvalue weighted by Gasteiger charge is -2.23. The number of cyclic esters (lactones) is 1. The number of halogens is 1. The van der Waals surface area contributed by atoms with Gasteiger partial charge in [0.15, 0.2) is 6.10 Å². The Kier molecular flexibility index (Phi) is 6.30. The van der Waals surface area contributed by atoms with Crippen LogP contribution in [0.1, 0.15) is 27.2 Å². The molecule has 178 valence electrons. The Labute approximate surface area is 190 Å². The fourth-order valence-electron chi connectivity index (χ4n) is 3.76. The molecule has 0 spiro atoms. The monoisotopic (exact) mass is 462 g/mol. The van der Waals surface area contributed by atoms with Crippen LogP contribution in [0.3, 0.4) is 0 Å². The van der Waals surface area contributed by atoms with Crippen LogP contribution in [0.15, 0.2) is 35.1 Å². The van der Waals surface area contributed by atoms with Crippen molar-refractivity contribution in [2.75, 3.05) is 36.0 Å². The topological polar surface area (TPSA) is 106 Å². The second-order valence-corrected chi connectivity index (χ2v) is 8.98. The number of alkyl carbamates (subject to hydrolysis) is 1. The van der Waals surface area contributed by atoms with Crippen LogP contribution in [0.5, 0.6) is 5.88 Å². The van der Waals surface area contributed by atoms with E-state index in [1.54, 1.807) is 39.0 Å². The zero-order valence-electron chi connectivity index (χ0n) is 18.7. The van der Waals surface area contributed by atoms with Crippen molar-refractivity contribution < 1.29 is 32.7 Å². The van der Waals surface area contributed by atoms with Crippen LogP contribution < -0.4 is 19.9 Å². The Morgan fingerprint density at radius 2 is 2.12 bits per heavy atom. The summed E-state index contributed by atoms with van der Waals surface area (Å²) in [5, 5.41) is 6.46. The zero-order valence-corrected chi connectivity index (χ0v) is 18.7. The maximum Gasteiger partial charge on any atom is 0.414 e. The van der Waals surface area contributed by atoms with Crippen LogP contribution in [0.2, 0.25) is 0 Å². The lowest BCUT2D eigenvalue weighted by molar-refractivity contribution is 0.0509. The van der Waals surface area contributed by atoms with Gasteiger partial charge < -0.3 is 29.0 Å². The Morgan fingerprint density at radius 3 is 2.82 bits per heavy atom. The molecular weight excluding hydrogens is 435 g/mol. The Bertz CT molecular complexity index is 993. The van der Waals surface area contributed by atoms with Crippen LogP contribution in [0.4, 0.5) is 25.4 Å². The van der Waals surface area contributed by atoms with E-state index in [0.717, 1.165) is 0 Å². The van der Waals surface area contributed by atoms with Crippen molar-refractivity contribution in [3.05, 3.63) is 36.3 Å². The number of aromatic nitrogens is 1. The first-order chi connectivity index (χ1) is 15.7. The highest BCUT2D eigenvalue weighted by atomic mass is 19.1. The highest BCUT2D eigenvalue weighted by Crippen LogP contribution is 2.30. The number of rotatable bonds is 6. The van der Waals surface area contributed by atoms with E-state index in [4.69, 9.17) is 14.2 Å². The van der Waals surface area contributed by atoms with Crippen LogP contribution >= 0.6 is 0 Å². The molecule has 0 unspecified atom stereocenters. The molecule has 2 aliphatic heterocycles. The van der Waals surface area contributed by atoms with Gasteiger partial charge in [-0.05, 0) is 50.5 Å². The molecule has 2 atom stereocenters. The van der Waals surface area contributed by atoms with Gasteiger partial charge in [-0.3, -0.25) is 4.90 Å². The minimum Gasteiger partial charge on any atom is -0.471 e. The average Bonchev–Trinajstić information content (AvgIpc) is 3.46. The number of benzene rings is 1. The van der Waals surface area contributed by atoms with Crippen molar-refractivity contribution in [1.82, 2.24) is 10.5 Å². The zero-order chi connectivity index (χ0) is 23.6. The normalized spacial score (nSPS) is 20.7. The van der Waals surface area contributed by atoms with E-state index in [-0.39, 0.29) is 19.2 Å². The lowest BCUT2D eigenvalue weighted by Crippen LogP contribution is -2.40. The molecule has 2 amide bonds. The molecule has 3 heterocycles. The van der Waals surface area contributed by atoms with Crippen LogP contribution in [0.25, 0.3) is 0 Å². The predicted molar refractivity (Wildman–Crippen MR) is 116 cm³/mol. The summed E-state index contributed by atoms with van der Waals surface area (Å²) in [5.74, 6) is -0.162. The summed E-state index contributed by atoms with van der Waals surface area (Å²) in [6.07, 6.45) is 0.475. The minimum atomic E-state index is -0.581. The molecule has 2 saturated heterocycles. The number of anilines is 2. The van der Waals surface area contributed by atoms with Crippen molar-refractivity contribution in [3.63, 3.8) is 0 Å². The van der Waals surface area contributed by atoms with Crippen molar-refractivity contribution in [3.8, 4) is 5.88 Å². The maximum atomic E-state index is 14.9. The number of hydrogen-bond donors (Lipinski definition) is 1. The number of nitrogens with one attached hydrogen (secondary N) is 1. The first-order valence-electron chi connectivity index (χ1n) is 10.7. The molecule has 2 fully saturated rings. The van der Waals surface area contributed by atoms with Gasteiger partial charge in [0.25, 0.3) is 5.88 Å². The summed E-state index contributed by atoms with van der Waals surface area (Å²) in [6, 6.07) is 6.03. The fraction of sp³-hybridized carbons (Fsp3) is 0.500. The number of amides is 2. The third-order valence-electron chi connectivity index (χ3n) is 5.20. The van der Waals surface area contributed by atoms with E-state index in [1.165, 1.54) is 17.2 Å². The third kappa shape index (κ3) is 5.65. The van der Waals surface area contributed by atoms with E-state index in [0.29, 0.717) is 36.8 Å². The van der Waals surface area contributed by atoms with E-state index in [9.17, 15) is 14.0 Å². The second kappa shape index (κ2) is 9.16. The van der Waals surface area contributed by atoms with E-state index in [1.807, 2.05) is 4.90 Å². The number of hydrogen-bond acceptors (Lipinski definition) is 8. The quantitative estimate of drug-likeness (QED) is 0.697. The van der Waals surface area contributed by atoms with E-state index < -0.39 is 29.7 Å². The number of carbonyl (C=O) groups is 2. The molecule has 0 aliphatic carbocycles. The van der Waals surface area contributed by atoms with Crippen LogP contribution in [-0.4, -0.2) is 61.3 Å². The van der Waals surface area contributed by atoms with Gasteiger partial charge in [-0.15, -0.1) is 0 Å². The van der Waals surface area contributed by atoms with Crippen LogP contribution in [0, 0.1) is 5.82 Å². The molecule has 1 N–H and O–H groups in total. The van der Waals surface area contributed by atoms with Gasteiger partial charge in [-0.25, -0.2) is 14.0 Å². The molecule has 2 aliphatic rings. The molecule has 11 heteroatoms. The molecule has 1 aromatic heterocycles. The smallest absolute Gasteiger partial charge is 0.414 e. The molecule has 0 bridgehead atoms. The summed E-state index contributed by atoms with van der Waals surface area (Å²) >= 11 is 0. The molecule has 0 radical (unpaired) electrons. The van der Waals surface area contributed by atoms with Gasteiger partial charge in [0.1, 0.15) is 24.3 Å². The Hall–Kier alpha value is -3.50. The summed E-state index contributed by atoms with van der Waals surface area (Å²) in [6.45, 7) is 6.77. The molecular formula is C22H27FN4O6. The van der Waals surface area contributed by atoms with Gasteiger partial charge in [-0.1, -0.05) is 0 Å². The Balaban J connectivity index is 1.33. The Morgan fingerprint density at radius 1 is 1.30 bits per heavy atom. The summed E-state index contributed by atoms with van der Waals surface area (Å²) in [5.41, 5.74) is 0.223. The highest BCUT2D eigenvalue weighted by molar-refractivity contribution is 5.90. The first kappa shape index (κ1) is 22.7. The highest BCUT2D eigenvalue weighted by Gasteiger charge is 2.34. The predicted octanol–water partition coefficient (Wildman–Crippen LogP) is 3.32. The first-order valence-corrected chi connectivity index (χ1v) is 10.7. The van der Waals surface area contributed by atoms with Gasteiger partial charge in [-0.2, -0.15) is 0 Å². The SMILES string of the molecule is CC(C)(C)OC(=O)N[C@H]1CCN(c2ccc(N3C[C@H](COc4ccon4)OC3=O)cc2F)C1. The molecule has 10 nitrogen and oxygen atoms in total. The van der Waals surface area contributed by atoms with E-state index in [2.05, 4.69) is 15.0 Å². The van der Waals surface area contributed by atoms with Gasteiger partial charge in [0, 0.05) is 19.2 Å². The third-order valence-corrected chi connectivity index (χ3v) is 5.20. The molecule has 4 rings (SSSR count). The summed E-state index contributed by atoms with van der Waals surface area (Å²) < 4.78 is 35.6. The minimum absolute atomic E-state index is 0.106. The van der Waals surface area contributed by atoms with Crippen molar-refractivity contribution in [1.29, 1.82) is 0 Å². The number of carbonyl (C=O) groups excluding carboxylic acids is 2. The standard InChI is InChI=1S/C22H27FN4O6/c1-22(2,3)33-20(28)24-14-6-8-26(11-14)18-5-4-15(10-17(18)23)27-12-16(32-21(27)29)13-30-19-7-9-31-25-19/h4-5,7,9-10,14,16H,6,8,11-13H2,1-3H3,(H,24,28)/t14-,16+/m0/s1. The van der Waals surface area contributed by atoms with Gasteiger partial charge >= 0.3 is 12.2 Å². The van der Waals surface area contributed by atoms with E-state index >= 15 is 0 Å². The molecule has 0 saturated carbocycles. The number of nitrogens with zero attached hydrogens (tertiary/aromatic N) is 3. The summed E-state index contributed by atoms with van der Waals surface area (Å²) in [4.78, 5) is 27.5.